The maximum absolute atomic E-state index is 11.1. The van der Waals surface area contributed by atoms with Gasteiger partial charge in [0.05, 0.1) is 5.92 Å². The summed E-state index contributed by atoms with van der Waals surface area (Å²) in [5.74, 6) is -0.673. The molecule has 0 fully saturated rings. The zero-order valence-corrected chi connectivity index (χ0v) is 12.4. The van der Waals surface area contributed by atoms with E-state index < -0.39 is 5.97 Å². The normalized spacial score (nSPS) is 11.9. The molecule has 0 aliphatic carbocycles. The molecule has 0 heterocycles. The zero-order chi connectivity index (χ0) is 13.6. The molecule has 0 saturated heterocycles. The van der Waals surface area contributed by atoms with Gasteiger partial charge in [-0.1, -0.05) is 78.1 Å². The van der Waals surface area contributed by atoms with Gasteiger partial charge in [0.1, 0.15) is 0 Å². The van der Waals surface area contributed by atoms with Gasteiger partial charge in [-0.05, 0) is 12.8 Å². The van der Waals surface area contributed by atoms with E-state index in [1.54, 1.807) is 0 Å². The first-order chi connectivity index (χ1) is 8.72. The van der Waals surface area contributed by atoms with Crippen molar-refractivity contribution in [3.8, 4) is 0 Å². The Hall–Kier alpha value is 1.52. The molecule has 0 rings (SSSR count). The Kier molecular flexibility index (Phi) is 21.1. The summed E-state index contributed by atoms with van der Waals surface area (Å²) in [7, 11) is 0. The van der Waals surface area contributed by atoms with Crippen LogP contribution >= 0.6 is 0 Å². The Bertz CT molecular complexity index is 195. The van der Waals surface area contributed by atoms with Crippen LogP contribution in [0.25, 0.3) is 0 Å². The zero-order valence-electron chi connectivity index (χ0n) is 12.4. The molecule has 0 aromatic carbocycles. The van der Waals surface area contributed by atoms with Gasteiger partial charge >= 0.3 is 74.9 Å². The number of hydrogen-bond acceptors (Lipinski definition) is 1. The molecule has 0 aliphatic rings. The van der Waals surface area contributed by atoms with Crippen LogP contribution < -0.4 is 0 Å². The topological polar surface area (TPSA) is 37.3 Å². The Labute approximate surface area is 178 Å². The van der Waals surface area contributed by atoms with Crippen LogP contribution in [0.1, 0.15) is 90.9 Å². The van der Waals surface area contributed by atoms with Crippen molar-refractivity contribution in [3.63, 3.8) is 0 Å². The molecule has 0 aromatic rings. The van der Waals surface area contributed by atoms with Crippen molar-refractivity contribution < 1.29 is 9.90 Å². The predicted octanol–water partition coefficient (Wildman–Crippen LogP) is 4.76. The number of carbonyl (C=O) groups is 1. The molecule has 19 heavy (non-hydrogen) atoms. The van der Waals surface area contributed by atoms with E-state index in [9.17, 15) is 9.90 Å². The summed E-state index contributed by atoms with van der Waals surface area (Å²) in [6, 6.07) is 0. The van der Waals surface area contributed by atoms with Crippen LogP contribution in [0.2, 0.25) is 0 Å². The number of rotatable bonds is 13. The van der Waals surface area contributed by atoms with Gasteiger partial charge in [0, 0.05) is 0 Å². The van der Waals surface area contributed by atoms with E-state index in [2.05, 4.69) is 13.8 Å². The number of carboxylic acids is 1. The van der Waals surface area contributed by atoms with Crippen molar-refractivity contribution in [1.82, 2.24) is 0 Å². The third kappa shape index (κ3) is 15.7. The molecule has 110 valence electrons. The Balaban J connectivity index is 0. The van der Waals surface area contributed by atoms with Crippen molar-refractivity contribution in [2.24, 2.45) is 5.92 Å². The van der Waals surface area contributed by atoms with Gasteiger partial charge in [-0.2, -0.15) is 0 Å². The van der Waals surface area contributed by atoms with E-state index in [1.807, 2.05) is 0 Å². The molecule has 1 N–H and O–H groups in total. The second kappa shape index (κ2) is 17.6. The summed E-state index contributed by atoms with van der Waals surface area (Å²) in [5, 5.41) is 9.17. The van der Waals surface area contributed by atoms with Crippen molar-refractivity contribution >= 4 is 74.9 Å². The number of aliphatic carboxylic acids is 1. The molecule has 0 aliphatic heterocycles. The molecule has 0 radical (unpaired) electrons. The standard InChI is InChI=1S/C16H32O2.Cs.H/c1-3-5-7-9-10-12-14-15(16(17)18)13-11-8-6-4-2;;/h15H,3-14H2,1-2H3,(H,17,18);;. The second-order valence-electron chi connectivity index (χ2n) is 5.44. The molecular formula is C16H33CsO2. The van der Waals surface area contributed by atoms with Gasteiger partial charge in [0.2, 0.25) is 0 Å². The summed E-state index contributed by atoms with van der Waals surface area (Å²) >= 11 is 0. The quantitative estimate of drug-likeness (QED) is 0.461. The SMILES string of the molecule is CCCCCCCCC(CCCCCC)C(=O)O.[CsH]. The van der Waals surface area contributed by atoms with Gasteiger partial charge in [0.15, 0.2) is 0 Å². The van der Waals surface area contributed by atoms with E-state index >= 15 is 0 Å². The summed E-state index contributed by atoms with van der Waals surface area (Å²) in [6.45, 7) is 4.40. The third-order valence-corrected chi connectivity index (χ3v) is 3.66. The molecular weight excluding hydrogens is 357 g/mol. The number of hydrogen-bond donors (Lipinski definition) is 1. The molecule has 0 amide bonds. The summed E-state index contributed by atoms with van der Waals surface area (Å²) < 4.78 is 0. The molecule has 0 saturated carbocycles. The van der Waals surface area contributed by atoms with E-state index in [-0.39, 0.29) is 74.8 Å². The maximum atomic E-state index is 11.1. The molecule has 0 spiro atoms. The van der Waals surface area contributed by atoms with Crippen molar-refractivity contribution in [3.05, 3.63) is 0 Å². The van der Waals surface area contributed by atoms with Crippen LogP contribution in [0, 0.1) is 5.92 Å². The van der Waals surface area contributed by atoms with Crippen LogP contribution in [0.3, 0.4) is 0 Å². The summed E-state index contributed by atoms with van der Waals surface area (Å²) in [4.78, 5) is 11.1. The van der Waals surface area contributed by atoms with Gasteiger partial charge in [-0.25, -0.2) is 0 Å². The first-order valence-corrected chi connectivity index (χ1v) is 7.95. The fraction of sp³-hybridized carbons (Fsp3) is 0.938. The van der Waals surface area contributed by atoms with Gasteiger partial charge in [-0.3, -0.25) is 4.79 Å². The average Bonchev–Trinajstić information content (AvgIpc) is 2.35. The summed E-state index contributed by atoms with van der Waals surface area (Å²) in [5.41, 5.74) is 0. The van der Waals surface area contributed by atoms with Gasteiger partial charge in [0.25, 0.3) is 0 Å². The van der Waals surface area contributed by atoms with Crippen LogP contribution in [-0.2, 0) is 4.79 Å². The van der Waals surface area contributed by atoms with Crippen LogP contribution in [0.15, 0.2) is 0 Å². The van der Waals surface area contributed by atoms with E-state index in [4.69, 9.17) is 0 Å². The average molecular weight is 390 g/mol. The summed E-state index contributed by atoms with van der Waals surface area (Å²) in [6.07, 6.45) is 14.0. The van der Waals surface area contributed by atoms with Crippen molar-refractivity contribution in [2.75, 3.05) is 0 Å². The molecule has 1 unspecified atom stereocenters. The van der Waals surface area contributed by atoms with Crippen molar-refractivity contribution in [1.29, 1.82) is 0 Å². The van der Waals surface area contributed by atoms with E-state index in [0.717, 1.165) is 25.7 Å². The molecule has 3 heteroatoms. The van der Waals surface area contributed by atoms with Gasteiger partial charge in [-0.15, -0.1) is 0 Å². The Morgan fingerprint density at radius 1 is 0.789 bits per heavy atom. The third-order valence-electron chi connectivity index (χ3n) is 3.66. The minimum absolute atomic E-state index is 0. The van der Waals surface area contributed by atoms with Crippen LogP contribution in [0.4, 0.5) is 0 Å². The Morgan fingerprint density at radius 3 is 1.58 bits per heavy atom. The fourth-order valence-electron chi connectivity index (χ4n) is 2.38. The fourth-order valence-corrected chi connectivity index (χ4v) is 2.38. The van der Waals surface area contributed by atoms with Crippen molar-refractivity contribution in [2.45, 2.75) is 90.9 Å². The van der Waals surface area contributed by atoms with E-state index in [1.165, 1.54) is 51.4 Å². The predicted molar refractivity (Wildman–Crippen MR) is 85.0 cm³/mol. The molecule has 0 bridgehead atoms. The first-order valence-electron chi connectivity index (χ1n) is 7.95. The molecule has 0 aromatic heterocycles. The van der Waals surface area contributed by atoms with Crippen LogP contribution in [0.5, 0.6) is 0 Å². The molecule has 2 nitrogen and oxygen atoms in total. The second-order valence-corrected chi connectivity index (χ2v) is 5.44. The molecule has 1 atom stereocenters. The minimum atomic E-state index is -0.583. The Morgan fingerprint density at radius 2 is 1.16 bits per heavy atom. The monoisotopic (exact) mass is 390 g/mol. The van der Waals surface area contributed by atoms with Crippen LogP contribution in [-0.4, -0.2) is 80.0 Å². The number of carboxylic acid groups (broad SMARTS) is 1. The van der Waals surface area contributed by atoms with E-state index in [0.29, 0.717) is 0 Å². The number of unbranched alkanes of at least 4 members (excludes halogenated alkanes) is 8. The van der Waals surface area contributed by atoms with Gasteiger partial charge < -0.3 is 5.11 Å². The first kappa shape index (κ1) is 22.8.